The number of benzene rings is 6. The van der Waals surface area contributed by atoms with Gasteiger partial charge in [0.2, 0.25) is 41.4 Å². The molecule has 6 aromatic rings. The highest BCUT2D eigenvalue weighted by atomic mass is 16.4. The minimum absolute atomic E-state index is 0.223. The molecule has 0 aromatic heterocycles. The number of nitrogens with zero attached hydrogens (tertiary/aromatic N) is 6. The van der Waals surface area contributed by atoms with Gasteiger partial charge in [0, 0.05) is 45.4 Å². The van der Waals surface area contributed by atoms with Crippen molar-refractivity contribution < 1.29 is 93.0 Å². The Kier molecular flexibility index (Phi) is 26.3. The SMILES string of the molecule is CC(=O)N(CC(=O)N(CC(=O)N(CC(=O)N(CC(=O)N(CC(=O)N(CC(N)=O)[C@@H](Cc1ccccc1)C(=O)O)[C@@H](Cc1ccccc1)C(=O)O)[C@@H](Cc1ccccc1)C(=O)O)[C@@H](Cc1ccccc1)C(=O)O)[C@@H](Cc1ccccc1)C(=O)O)[C@@H](Cc1ccccc1)C(=O)O. The lowest BCUT2D eigenvalue weighted by Crippen LogP contribution is -2.61. The lowest BCUT2D eigenvalue weighted by atomic mass is 10.0. The van der Waals surface area contributed by atoms with Crippen molar-refractivity contribution in [2.75, 3.05) is 39.3 Å². The zero-order valence-corrected chi connectivity index (χ0v) is 51.0. The van der Waals surface area contributed by atoms with Crippen molar-refractivity contribution in [1.29, 1.82) is 0 Å². The molecule has 26 heteroatoms. The maximum Gasteiger partial charge on any atom is 0.326 e. The summed E-state index contributed by atoms with van der Waals surface area (Å²) in [6.45, 7) is -7.03. The molecule has 0 unspecified atom stereocenters. The molecule has 0 fully saturated rings. The number of carboxylic acid groups (broad SMARTS) is 6. The first-order valence-electron chi connectivity index (χ1n) is 29.5. The Bertz CT molecular complexity index is 3650. The Morgan fingerprint density at radius 2 is 0.415 bits per heavy atom. The number of primary amides is 1. The number of hydrogen-bond acceptors (Lipinski definition) is 13. The Morgan fingerprint density at radius 3 is 0.564 bits per heavy atom. The van der Waals surface area contributed by atoms with E-state index in [9.17, 15) is 73.8 Å². The van der Waals surface area contributed by atoms with Gasteiger partial charge in [-0.3, -0.25) is 33.6 Å². The van der Waals surface area contributed by atoms with Crippen LogP contribution in [0.2, 0.25) is 0 Å². The number of aliphatic carboxylic acids is 6. The van der Waals surface area contributed by atoms with Gasteiger partial charge in [-0.15, -0.1) is 0 Å². The van der Waals surface area contributed by atoms with Crippen molar-refractivity contribution in [1.82, 2.24) is 29.4 Å². The summed E-state index contributed by atoms with van der Waals surface area (Å²) >= 11 is 0. The third kappa shape index (κ3) is 20.7. The smallest absolute Gasteiger partial charge is 0.326 e. The van der Waals surface area contributed by atoms with Crippen LogP contribution in [0.25, 0.3) is 0 Å². The first-order valence-corrected chi connectivity index (χ1v) is 29.5. The van der Waals surface area contributed by atoms with E-state index >= 15 is 19.2 Å². The molecule has 6 atom stereocenters. The molecule has 0 aliphatic heterocycles. The Labute approximate surface area is 539 Å². The molecule has 0 bridgehead atoms. The van der Waals surface area contributed by atoms with Gasteiger partial charge in [-0.2, -0.15) is 0 Å². The molecule has 6 rings (SSSR count). The van der Waals surface area contributed by atoms with E-state index in [1.165, 1.54) is 97.1 Å². The van der Waals surface area contributed by atoms with Crippen molar-refractivity contribution in [3.8, 4) is 0 Å². The van der Waals surface area contributed by atoms with Crippen LogP contribution in [-0.4, -0.2) is 213 Å². The summed E-state index contributed by atoms with van der Waals surface area (Å²) in [4.78, 5) is 186. The predicted molar refractivity (Wildman–Crippen MR) is 335 cm³/mol. The van der Waals surface area contributed by atoms with E-state index in [2.05, 4.69) is 0 Å². The molecular formula is C68H71N7O19. The summed E-state index contributed by atoms with van der Waals surface area (Å²) in [7, 11) is 0. The van der Waals surface area contributed by atoms with Crippen molar-refractivity contribution in [2.45, 2.75) is 81.7 Å². The Balaban J connectivity index is 1.51. The number of amides is 7. The molecule has 492 valence electrons. The summed E-state index contributed by atoms with van der Waals surface area (Å²) in [6, 6.07) is 34.0. The molecule has 0 saturated heterocycles. The fraction of sp³-hybridized carbons (Fsp3) is 0.279. The van der Waals surface area contributed by atoms with Crippen LogP contribution in [0.15, 0.2) is 182 Å². The summed E-state index contributed by atoms with van der Waals surface area (Å²) in [6.07, 6.45) is -3.17. The van der Waals surface area contributed by atoms with Crippen LogP contribution in [0.1, 0.15) is 40.3 Å². The van der Waals surface area contributed by atoms with Crippen LogP contribution in [0.5, 0.6) is 0 Å². The van der Waals surface area contributed by atoms with E-state index in [1.54, 1.807) is 84.9 Å². The fourth-order valence-electron chi connectivity index (χ4n) is 10.7. The zero-order chi connectivity index (χ0) is 68.6. The number of carbonyl (C=O) groups excluding carboxylic acids is 7. The molecule has 94 heavy (non-hydrogen) atoms. The molecule has 8 N–H and O–H groups in total. The van der Waals surface area contributed by atoms with E-state index in [0.29, 0.717) is 40.5 Å². The predicted octanol–water partition coefficient (Wildman–Crippen LogP) is 2.64. The lowest BCUT2D eigenvalue weighted by molar-refractivity contribution is -0.162. The average Bonchev–Trinajstić information content (AvgIpc) is 0.830. The zero-order valence-electron chi connectivity index (χ0n) is 51.0. The van der Waals surface area contributed by atoms with Crippen LogP contribution in [-0.2, 0) is 101 Å². The molecule has 7 amide bonds. The van der Waals surface area contributed by atoms with Crippen molar-refractivity contribution in [3.63, 3.8) is 0 Å². The van der Waals surface area contributed by atoms with E-state index in [-0.39, 0.29) is 28.7 Å². The monoisotopic (exact) mass is 1290 g/mol. The summed E-state index contributed by atoms with van der Waals surface area (Å²) in [5.41, 5.74) is 7.34. The van der Waals surface area contributed by atoms with E-state index < -0.39 is 185 Å². The van der Waals surface area contributed by atoms with Gasteiger partial charge in [-0.1, -0.05) is 182 Å². The summed E-state index contributed by atoms with van der Waals surface area (Å²) in [5, 5.41) is 65.2. The summed E-state index contributed by atoms with van der Waals surface area (Å²) in [5.74, 6) is -19.7. The van der Waals surface area contributed by atoms with Crippen molar-refractivity contribution in [2.24, 2.45) is 5.73 Å². The molecule has 0 aliphatic carbocycles. The van der Waals surface area contributed by atoms with E-state index in [4.69, 9.17) is 5.73 Å². The number of carbonyl (C=O) groups is 13. The minimum Gasteiger partial charge on any atom is -0.480 e. The maximum atomic E-state index is 15.7. The van der Waals surface area contributed by atoms with Crippen LogP contribution in [0, 0.1) is 0 Å². The average molecular weight is 1290 g/mol. The topological polar surface area (TPSA) is 389 Å². The first kappa shape index (κ1) is 71.5. The number of rotatable bonds is 36. The van der Waals surface area contributed by atoms with E-state index in [0.717, 1.165) is 6.92 Å². The number of nitrogens with two attached hydrogens (primary N) is 1. The second-order valence-electron chi connectivity index (χ2n) is 22.0. The fourth-order valence-corrected chi connectivity index (χ4v) is 10.7. The molecule has 6 aromatic carbocycles. The lowest BCUT2D eigenvalue weighted by Gasteiger charge is -2.38. The van der Waals surface area contributed by atoms with Gasteiger partial charge in [-0.25, -0.2) is 28.8 Å². The van der Waals surface area contributed by atoms with Crippen LogP contribution >= 0.6 is 0 Å². The highest BCUT2D eigenvalue weighted by molar-refractivity contribution is 5.98. The highest BCUT2D eigenvalue weighted by Gasteiger charge is 2.43. The van der Waals surface area contributed by atoms with Gasteiger partial charge in [0.25, 0.3) is 0 Å². The molecule has 26 nitrogen and oxygen atoms in total. The van der Waals surface area contributed by atoms with Gasteiger partial charge >= 0.3 is 35.8 Å². The van der Waals surface area contributed by atoms with Crippen LogP contribution in [0.3, 0.4) is 0 Å². The number of carboxylic acids is 6. The Morgan fingerprint density at radius 1 is 0.266 bits per heavy atom. The second kappa shape index (κ2) is 34.6. The largest absolute Gasteiger partial charge is 0.480 e. The molecule has 0 saturated carbocycles. The summed E-state index contributed by atoms with van der Waals surface area (Å²) < 4.78 is 0. The van der Waals surface area contributed by atoms with Gasteiger partial charge in [0.15, 0.2) is 0 Å². The van der Waals surface area contributed by atoms with Gasteiger partial charge in [0.1, 0.15) is 75.5 Å². The number of hydrogen-bond donors (Lipinski definition) is 7. The normalized spacial score (nSPS) is 12.8. The Hall–Kier alpha value is -11.6. The second-order valence-corrected chi connectivity index (χ2v) is 22.0. The van der Waals surface area contributed by atoms with Crippen LogP contribution in [0.4, 0.5) is 0 Å². The maximum absolute atomic E-state index is 15.7. The third-order valence-corrected chi connectivity index (χ3v) is 15.5. The van der Waals surface area contributed by atoms with Crippen LogP contribution < -0.4 is 5.73 Å². The van der Waals surface area contributed by atoms with Gasteiger partial charge in [0.05, 0.1) is 0 Å². The van der Waals surface area contributed by atoms with Crippen molar-refractivity contribution >= 4 is 77.2 Å². The molecule has 0 aliphatic rings. The minimum atomic E-state index is -2.17. The van der Waals surface area contributed by atoms with E-state index in [1.807, 2.05) is 0 Å². The van der Waals surface area contributed by atoms with Crippen molar-refractivity contribution in [3.05, 3.63) is 215 Å². The highest BCUT2D eigenvalue weighted by Crippen LogP contribution is 2.22. The molecular weight excluding hydrogens is 1220 g/mol. The molecule has 0 heterocycles. The first-order chi connectivity index (χ1) is 44.8. The van der Waals surface area contributed by atoms with Gasteiger partial charge in [-0.05, 0) is 33.4 Å². The molecule has 0 radical (unpaired) electrons. The third-order valence-electron chi connectivity index (χ3n) is 15.5. The standard InChI is InChI=1S/C68H71N7O19/c1-44(76)70(51(63(83)84)32-45-20-8-2-9-21-45)39-58(78)72(53(65(87)88)34-47-24-12-4-13-25-47)41-60(80)74(55(67(91)92)36-49-28-16-6-17-29-49)43-62(82)75(56(68(93)94)37-50-30-18-7-19-31-50)42-61(81)73(54(66(89)90)35-48-26-14-5-15-27-48)40-59(79)71(38-57(69)77)52(64(85)86)33-46-22-10-3-11-23-46/h2-31,51-56H,32-43H2,1H3,(H2,69,77)(H,83,84)(H,85,86)(H,87,88)(H,89,90)(H,91,92)(H,93,94)/t51-,52-,53-,54-,55-,56-/m0/s1. The quantitative estimate of drug-likeness (QED) is 0.0297. The van der Waals surface area contributed by atoms with Gasteiger partial charge < -0.3 is 65.8 Å². The molecule has 0 spiro atoms.